The van der Waals surface area contributed by atoms with E-state index in [0.29, 0.717) is 0 Å². The van der Waals surface area contributed by atoms with Crippen LogP contribution in [-0.4, -0.2) is 6.61 Å². The Balaban J connectivity index is 2.00. The van der Waals surface area contributed by atoms with Crippen molar-refractivity contribution in [3.05, 3.63) is 60.2 Å². The molecule has 0 radical (unpaired) electrons. The highest BCUT2D eigenvalue weighted by molar-refractivity contribution is 5.32. The molecule has 1 nitrogen and oxygen atoms in total. The minimum Gasteiger partial charge on any atom is -0.366 e. The van der Waals surface area contributed by atoms with Crippen molar-refractivity contribution in [1.29, 1.82) is 0 Å². The lowest BCUT2D eigenvalue weighted by molar-refractivity contribution is -0.0131. The van der Waals surface area contributed by atoms with Crippen molar-refractivity contribution in [3.63, 3.8) is 0 Å². The van der Waals surface area contributed by atoms with E-state index >= 15 is 0 Å². The SMILES string of the molecule is CCCCCCOC1(c2ccccc2)C=CC=CC1. The molecule has 0 saturated heterocycles. The van der Waals surface area contributed by atoms with Crippen LogP contribution in [-0.2, 0) is 10.3 Å². The van der Waals surface area contributed by atoms with Gasteiger partial charge in [-0.15, -0.1) is 0 Å². The van der Waals surface area contributed by atoms with Gasteiger partial charge in [-0.3, -0.25) is 0 Å². The monoisotopic (exact) mass is 256 g/mol. The number of unbranched alkanes of at least 4 members (excludes halogenated alkanes) is 3. The van der Waals surface area contributed by atoms with Gasteiger partial charge in [-0.25, -0.2) is 0 Å². The molecule has 1 atom stereocenters. The third-order valence-electron chi connectivity index (χ3n) is 3.65. The Labute approximate surface area is 117 Å². The lowest BCUT2D eigenvalue weighted by Crippen LogP contribution is -2.28. The van der Waals surface area contributed by atoms with E-state index in [0.717, 1.165) is 19.4 Å². The maximum atomic E-state index is 6.27. The van der Waals surface area contributed by atoms with Crippen molar-refractivity contribution in [1.82, 2.24) is 0 Å². The zero-order chi connectivity index (χ0) is 13.4. The summed E-state index contributed by atoms with van der Waals surface area (Å²) < 4.78 is 6.27. The van der Waals surface area contributed by atoms with Crippen LogP contribution in [0.5, 0.6) is 0 Å². The standard InChI is InChI=1S/C18H24O/c1-2-3-4-11-16-19-18(14-9-6-10-15-18)17-12-7-5-8-13-17/h5-10,12-14H,2-4,11,15-16H2,1H3. The number of rotatable bonds is 7. The molecule has 1 heteroatoms. The second-order valence-corrected chi connectivity index (χ2v) is 5.16. The van der Waals surface area contributed by atoms with E-state index in [1.807, 2.05) is 0 Å². The van der Waals surface area contributed by atoms with E-state index in [2.05, 4.69) is 61.6 Å². The number of ether oxygens (including phenoxy) is 1. The molecule has 102 valence electrons. The zero-order valence-electron chi connectivity index (χ0n) is 11.8. The Kier molecular flexibility index (Phi) is 5.41. The number of benzene rings is 1. The minimum atomic E-state index is -0.248. The van der Waals surface area contributed by atoms with Gasteiger partial charge in [-0.2, -0.15) is 0 Å². The molecule has 0 spiro atoms. The lowest BCUT2D eigenvalue weighted by atomic mass is 9.87. The highest BCUT2D eigenvalue weighted by atomic mass is 16.5. The quantitative estimate of drug-likeness (QED) is 0.624. The van der Waals surface area contributed by atoms with Gasteiger partial charge in [0.1, 0.15) is 5.60 Å². The Bertz CT molecular complexity index is 419. The summed E-state index contributed by atoms with van der Waals surface area (Å²) in [7, 11) is 0. The maximum Gasteiger partial charge on any atom is 0.115 e. The minimum absolute atomic E-state index is 0.248. The molecular formula is C18H24O. The summed E-state index contributed by atoms with van der Waals surface area (Å²) in [5.74, 6) is 0. The molecule has 0 amide bonds. The van der Waals surface area contributed by atoms with Crippen molar-refractivity contribution < 1.29 is 4.74 Å². The third-order valence-corrected chi connectivity index (χ3v) is 3.65. The van der Waals surface area contributed by atoms with Crippen molar-refractivity contribution in [2.45, 2.75) is 44.6 Å². The highest BCUT2D eigenvalue weighted by Crippen LogP contribution is 2.34. The molecule has 0 heterocycles. The summed E-state index contributed by atoms with van der Waals surface area (Å²) in [6.07, 6.45) is 14.5. The zero-order valence-corrected chi connectivity index (χ0v) is 11.8. The van der Waals surface area contributed by atoms with Crippen LogP contribution in [0.3, 0.4) is 0 Å². The molecule has 19 heavy (non-hydrogen) atoms. The van der Waals surface area contributed by atoms with Crippen LogP contribution in [0.25, 0.3) is 0 Å². The Morgan fingerprint density at radius 1 is 1.05 bits per heavy atom. The topological polar surface area (TPSA) is 9.23 Å². The van der Waals surface area contributed by atoms with Crippen LogP contribution in [0.15, 0.2) is 54.6 Å². The second-order valence-electron chi connectivity index (χ2n) is 5.16. The van der Waals surface area contributed by atoms with Crippen LogP contribution in [0.4, 0.5) is 0 Å². The number of allylic oxidation sites excluding steroid dienone is 2. The Morgan fingerprint density at radius 3 is 2.58 bits per heavy atom. The highest BCUT2D eigenvalue weighted by Gasteiger charge is 2.29. The fourth-order valence-corrected chi connectivity index (χ4v) is 2.51. The first-order valence-corrected chi connectivity index (χ1v) is 7.41. The predicted octanol–water partition coefficient (Wildman–Crippen LogP) is 4.99. The van der Waals surface area contributed by atoms with Crippen molar-refractivity contribution >= 4 is 0 Å². The normalized spacial score (nSPS) is 21.7. The molecule has 0 aliphatic heterocycles. The number of hydrogen-bond donors (Lipinski definition) is 0. The average molecular weight is 256 g/mol. The summed E-state index contributed by atoms with van der Waals surface area (Å²) in [4.78, 5) is 0. The van der Waals surface area contributed by atoms with Crippen LogP contribution in [0, 0.1) is 0 Å². The summed E-state index contributed by atoms with van der Waals surface area (Å²) in [5, 5.41) is 0. The molecule has 1 aliphatic carbocycles. The van der Waals surface area contributed by atoms with Crippen LogP contribution >= 0.6 is 0 Å². The number of hydrogen-bond acceptors (Lipinski definition) is 1. The van der Waals surface area contributed by atoms with E-state index in [1.165, 1.54) is 24.8 Å². The molecule has 0 N–H and O–H groups in total. The molecule has 1 aromatic rings. The van der Waals surface area contributed by atoms with Gasteiger partial charge >= 0.3 is 0 Å². The molecule has 1 aromatic carbocycles. The van der Waals surface area contributed by atoms with Gasteiger partial charge in [-0.1, -0.05) is 74.7 Å². The van der Waals surface area contributed by atoms with Gasteiger partial charge in [0.25, 0.3) is 0 Å². The molecular weight excluding hydrogens is 232 g/mol. The largest absolute Gasteiger partial charge is 0.366 e. The molecule has 0 aromatic heterocycles. The van der Waals surface area contributed by atoms with Crippen molar-refractivity contribution in [2.24, 2.45) is 0 Å². The molecule has 0 fully saturated rings. The van der Waals surface area contributed by atoms with E-state index in [9.17, 15) is 0 Å². The molecule has 1 aliphatic rings. The molecule has 1 unspecified atom stereocenters. The Morgan fingerprint density at radius 2 is 1.89 bits per heavy atom. The Hall–Kier alpha value is -1.34. The van der Waals surface area contributed by atoms with Crippen LogP contribution in [0.2, 0.25) is 0 Å². The van der Waals surface area contributed by atoms with Crippen LogP contribution in [0.1, 0.15) is 44.6 Å². The summed E-state index contributed by atoms with van der Waals surface area (Å²) in [5.41, 5.74) is 1.01. The third kappa shape index (κ3) is 3.81. The maximum absolute atomic E-state index is 6.27. The molecule has 0 saturated carbocycles. The van der Waals surface area contributed by atoms with E-state index in [4.69, 9.17) is 4.74 Å². The van der Waals surface area contributed by atoms with Crippen molar-refractivity contribution in [2.75, 3.05) is 6.61 Å². The molecule has 2 rings (SSSR count). The second kappa shape index (κ2) is 7.30. The fourth-order valence-electron chi connectivity index (χ4n) is 2.51. The van der Waals surface area contributed by atoms with Gasteiger partial charge in [0.2, 0.25) is 0 Å². The van der Waals surface area contributed by atoms with E-state index in [-0.39, 0.29) is 5.60 Å². The van der Waals surface area contributed by atoms with Crippen LogP contribution < -0.4 is 0 Å². The lowest BCUT2D eigenvalue weighted by Gasteiger charge is -2.32. The van der Waals surface area contributed by atoms with Gasteiger partial charge in [-0.05, 0) is 18.1 Å². The van der Waals surface area contributed by atoms with E-state index in [1.54, 1.807) is 0 Å². The summed E-state index contributed by atoms with van der Waals surface area (Å²) in [6, 6.07) is 10.6. The van der Waals surface area contributed by atoms with E-state index < -0.39 is 0 Å². The summed E-state index contributed by atoms with van der Waals surface area (Å²) in [6.45, 7) is 3.08. The van der Waals surface area contributed by atoms with Crippen molar-refractivity contribution in [3.8, 4) is 0 Å². The first-order valence-electron chi connectivity index (χ1n) is 7.41. The van der Waals surface area contributed by atoms with Gasteiger partial charge in [0.15, 0.2) is 0 Å². The smallest absolute Gasteiger partial charge is 0.115 e. The summed E-state index contributed by atoms with van der Waals surface area (Å²) >= 11 is 0. The van der Waals surface area contributed by atoms with Gasteiger partial charge in [0, 0.05) is 13.0 Å². The predicted molar refractivity (Wildman–Crippen MR) is 81.1 cm³/mol. The molecule has 0 bridgehead atoms. The average Bonchev–Trinajstić information content (AvgIpc) is 2.49. The van der Waals surface area contributed by atoms with Gasteiger partial charge < -0.3 is 4.74 Å². The van der Waals surface area contributed by atoms with Gasteiger partial charge in [0.05, 0.1) is 0 Å². The fraction of sp³-hybridized carbons (Fsp3) is 0.444. The first-order chi connectivity index (χ1) is 9.37. The first kappa shape index (κ1) is 14.1.